The summed E-state index contributed by atoms with van der Waals surface area (Å²) in [7, 11) is 0. The molecule has 0 saturated heterocycles. The molecule has 0 fully saturated rings. The monoisotopic (exact) mass is 171 g/mol. The number of aryl methyl sites for hydroxylation is 1. The largest absolute Gasteiger partial charge is 0.157 e. The fourth-order valence-corrected chi connectivity index (χ4v) is 0.514. The summed E-state index contributed by atoms with van der Waals surface area (Å²) in [5.74, 6) is 0. The van der Waals surface area contributed by atoms with Crippen molar-refractivity contribution in [2.24, 2.45) is 0 Å². The lowest BCUT2D eigenvalue weighted by atomic mass is 10.4. The van der Waals surface area contributed by atoms with Crippen LogP contribution in [0, 0.1) is 13.1 Å². The summed E-state index contributed by atoms with van der Waals surface area (Å²) in [4.78, 5) is 0. The van der Waals surface area contributed by atoms with Gasteiger partial charge in [0.1, 0.15) is 6.20 Å². The quantitative estimate of drug-likeness (QED) is 0.590. The Morgan fingerprint density at radius 2 is 2.50 bits per heavy atom. The fraction of sp³-hybridized carbons (Fsp3) is 0.200. The van der Waals surface area contributed by atoms with E-state index in [0.29, 0.717) is 0 Å². The van der Waals surface area contributed by atoms with Crippen molar-refractivity contribution in [2.45, 2.75) is 6.92 Å². The first-order valence-corrected chi connectivity index (χ1v) is 2.95. The van der Waals surface area contributed by atoms with Gasteiger partial charge in [-0.15, -0.1) is 5.10 Å². The van der Waals surface area contributed by atoms with Gasteiger partial charge in [-0.2, -0.15) is 5.10 Å². The van der Waals surface area contributed by atoms with Gasteiger partial charge in [0.05, 0.1) is 6.20 Å². The molecule has 1 aromatic heterocycles. The predicted molar refractivity (Wildman–Crippen MR) is 33.3 cm³/mol. The van der Waals surface area contributed by atoms with Crippen LogP contribution >= 0.6 is 15.9 Å². The molecule has 1 aromatic rings. The van der Waals surface area contributed by atoms with E-state index in [0.717, 1.165) is 10.0 Å². The molecular weight excluding hydrogens is 168 g/mol. The van der Waals surface area contributed by atoms with Crippen molar-refractivity contribution in [3.05, 3.63) is 22.4 Å². The van der Waals surface area contributed by atoms with Gasteiger partial charge in [0, 0.05) is 4.47 Å². The lowest BCUT2D eigenvalue weighted by molar-refractivity contribution is 0.996. The van der Waals surface area contributed by atoms with Crippen LogP contribution in [0.15, 0.2) is 10.7 Å². The van der Waals surface area contributed by atoms with Crippen LogP contribution in [-0.2, 0) is 0 Å². The minimum atomic E-state index is 0.951. The molecule has 0 aliphatic rings. The minimum Gasteiger partial charge on any atom is -0.157 e. The average molecular weight is 172 g/mol. The van der Waals surface area contributed by atoms with Crippen molar-refractivity contribution >= 4 is 15.9 Å². The van der Waals surface area contributed by atoms with Crippen molar-refractivity contribution in [2.75, 3.05) is 0 Å². The molecule has 1 heterocycles. The van der Waals surface area contributed by atoms with E-state index in [9.17, 15) is 0 Å². The van der Waals surface area contributed by atoms with Crippen LogP contribution < -0.4 is 0 Å². The van der Waals surface area contributed by atoms with Crippen molar-refractivity contribution in [1.82, 2.24) is 10.2 Å². The number of hydrogen-bond donors (Lipinski definition) is 0. The van der Waals surface area contributed by atoms with Gasteiger partial charge in [-0.1, -0.05) is 0 Å². The van der Waals surface area contributed by atoms with Crippen molar-refractivity contribution in [1.29, 1.82) is 0 Å². The Labute approximate surface area is 56.1 Å². The van der Waals surface area contributed by atoms with Gasteiger partial charge < -0.3 is 0 Å². The Morgan fingerprint density at radius 3 is 2.88 bits per heavy atom. The summed E-state index contributed by atoms with van der Waals surface area (Å²) in [5, 5.41) is 7.13. The lowest BCUT2D eigenvalue weighted by Crippen LogP contribution is -1.81. The zero-order valence-corrected chi connectivity index (χ0v) is 5.94. The fourth-order valence-electron chi connectivity index (χ4n) is 0.334. The highest BCUT2D eigenvalue weighted by molar-refractivity contribution is 9.10. The molecule has 2 nitrogen and oxygen atoms in total. The number of aromatic nitrogens is 2. The van der Waals surface area contributed by atoms with Gasteiger partial charge in [0.2, 0.25) is 0 Å². The van der Waals surface area contributed by atoms with Gasteiger partial charge in [0.25, 0.3) is 0 Å². The Morgan fingerprint density at radius 1 is 1.75 bits per heavy atom. The van der Waals surface area contributed by atoms with E-state index in [1.54, 1.807) is 6.20 Å². The van der Waals surface area contributed by atoms with E-state index in [2.05, 4.69) is 32.3 Å². The van der Waals surface area contributed by atoms with E-state index < -0.39 is 0 Å². The highest BCUT2D eigenvalue weighted by atomic mass is 79.9. The van der Waals surface area contributed by atoms with E-state index in [1.165, 1.54) is 0 Å². The first kappa shape index (κ1) is 5.69. The van der Waals surface area contributed by atoms with Crippen LogP contribution in [0.1, 0.15) is 5.56 Å². The summed E-state index contributed by atoms with van der Waals surface area (Å²) >= 11 is 3.26. The minimum absolute atomic E-state index is 0.951. The summed E-state index contributed by atoms with van der Waals surface area (Å²) in [6, 6.07) is 0. The van der Waals surface area contributed by atoms with Crippen LogP contribution in [0.5, 0.6) is 0 Å². The first-order chi connectivity index (χ1) is 3.80. The molecule has 0 unspecified atom stereocenters. The summed E-state index contributed by atoms with van der Waals surface area (Å²) < 4.78 is 0.951. The maximum atomic E-state index is 3.59. The molecule has 0 N–H and O–H groups in total. The third-order valence-corrected chi connectivity index (χ3v) is 1.60. The normalized spacial score (nSPS) is 9.25. The van der Waals surface area contributed by atoms with Crippen LogP contribution in [0.2, 0.25) is 0 Å². The highest BCUT2D eigenvalue weighted by Crippen LogP contribution is 2.09. The van der Waals surface area contributed by atoms with Crippen molar-refractivity contribution < 1.29 is 0 Å². The maximum Gasteiger partial charge on any atom is 0.118 e. The van der Waals surface area contributed by atoms with Crippen LogP contribution in [0.25, 0.3) is 0 Å². The molecule has 0 saturated carbocycles. The lowest BCUT2D eigenvalue weighted by Gasteiger charge is -1.88. The van der Waals surface area contributed by atoms with E-state index in [1.807, 2.05) is 6.92 Å². The number of nitrogens with zero attached hydrogens (tertiary/aromatic N) is 2. The molecule has 0 amide bonds. The van der Waals surface area contributed by atoms with Gasteiger partial charge in [-0.3, -0.25) is 0 Å². The molecule has 0 spiro atoms. The Kier molecular flexibility index (Phi) is 1.58. The Balaban J connectivity index is 3.13. The molecule has 1 rings (SSSR count). The summed E-state index contributed by atoms with van der Waals surface area (Å²) in [6.45, 7) is 1.92. The zero-order valence-electron chi connectivity index (χ0n) is 4.35. The number of hydrogen-bond acceptors (Lipinski definition) is 2. The van der Waals surface area contributed by atoms with E-state index in [-0.39, 0.29) is 0 Å². The highest BCUT2D eigenvalue weighted by Gasteiger charge is 1.89. The molecule has 0 aliphatic heterocycles. The zero-order chi connectivity index (χ0) is 5.98. The maximum absolute atomic E-state index is 3.59. The second kappa shape index (κ2) is 2.22. The van der Waals surface area contributed by atoms with Gasteiger partial charge in [0.15, 0.2) is 0 Å². The van der Waals surface area contributed by atoms with Gasteiger partial charge in [-0.25, -0.2) is 0 Å². The molecule has 41 valence electrons. The topological polar surface area (TPSA) is 25.8 Å². The van der Waals surface area contributed by atoms with E-state index in [4.69, 9.17) is 0 Å². The van der Waals surface area contributed by atoms with Crippen LogP contribution in [0.4, 0.5) is 0 Å². The summed E-state index contributed by atoms with van der Waals surface area (Å²) in [6.07, 6.45) is 4.34. The Hall–Kier alpha value is -0.440. The van der Waals surface area contributed by atoms with Crippen molar-refractivity contribution in [3.8, 4) is 0 Å². The number of halogens is 1. The third kappa shape index (κ3) is 1.04. The second-order valence-electron chi connectivity index (χ2n) is 1.43. The standard InChI is InChI=1S/C5H4BrN2/c1-4-2-7-8-3-5(4)6/h3H,1H3. The third-order valence-electron chi connectivity index (χ3n) is 0.805. The second-order valence-corrected chi connectivity index (χ2v) is 2.28. The number of rotatable bonds is 0. The van der Waals surface area contributed by atoms with Crippen molar-refractivity contribution in [3.63, 3.8) is 0 Å². The van der Waals surface area contributed by atoms with Crippen LogP contribution in [-0.4, -0.2) is 10.2 Å². The van der Waals surface area contributed by atoms with Crippen LogP contribution in [0.3, 0.4) is 0 Å². The predicted octanol–water partition coefficient (Wildman–Crippen LogP) is 1.35. The molecule has 8 heavy (non-hydrogen) atoms. The Bertz CT molecular complexity index is 167. The molecular formula is C5H4BrN2. The molecule has 0 atom stereocenters. The average Bonchev–Trinajstić information content (AvgIpc) is 1.77. The van der Waals surface area contributed by atoms with Gasteiger partial charge in [-0.05, 0) is 28.4 Å². The smallest absolute Gasteiger partial charge is 0.118 e. The first-order valence-electron chi connectivity index (χ1n) is 2.16. The molecule has 0 aliphatic carbocycles. The summed E-state index contributed by atoms with van der Waals surface area (Å²) in [5.41, 5.74) is 0.986. The molecule has 0 aromatic carbocycles. The van der Waals surface area contributed by atoms with E-state index >= 15 is 0 Å². The molecule has 0 bridgehead atoms. The van der Waals surface area contributed by atoms with Gasteiger partial charge >= 0.3 is 0 Å². The molecule has 3 heteroatoms. The SMILES string of the molecule is Cc1[c]nncc1Br. The molecule has 1 radical (unpaired) electrons.